The summed E-state index contributed by atoms with van der Waals surface area (Å²) in [4.78, 5) is 23.9. The van der Waals surface area contributed by atoms with E-state index < -0.39 is 6.16 Å². The fourth-order valence-electron chi connectivity index (χ4n) is 4.63. The number of carboxylic acid groups (broad SMARTS) is 2. The third-order valence-corrected chi connectivity index (χ3v) is 6.83. The molecule has 0 saturated heterocycles. The maximum Gasteiger partial charge on any atom is 0.503 e. The molecule has 1 fully saturated rings. The van der Waals surface area contributed by atoms with Crippen LogP contribution in [0.1, 0.15) is 45.8 Å². The fourth-order valence-corrected chi connectivity index (χ4v) is 4.79. The van der Waals surface area contributed by atoms with E-state index in [9.17, 15) is 4.79 Å². The molecule has 3 aromatic rings. The lowest BCUT2D eigenvalue weighted by atomic mass is 10.0. The van der Waals surface area contributed by atoms with Crippen molar-refractivity contribution < 1.29 is 29.3 Å². The summed E-state index contributed by atoms with van der Waals surface area (Å²) in [5, 5.41) is 17.5. The Morgan fingerprint density at radius 3 is 2.39 bits per heavy atom. The summed E-state index contributed by atoms with van der Waals surface area (Å²) in [5.41, 5.74) is 5.33. The van der Waals surface area contributed by atoms with Crippen LogP contribution in [-0.4, -0.2) is 48.6 Å². The molecule has 1 aliphatic carbocycles. The Kier molecular flexibility index (Phi) is 8.32. The van der Waals surface area contributed by atoms with Gasteiger partial charge in [-0.15, -0.1) is 0 Å². The Morgan fingerprint density at radius 1 is 1.08 bits per heavy atom. The van der Waals surface area contributed by atoms with Crippen molar-refractivity contribution in [3.63, 3.8) is 0 Å². The second-order valence-electron chi connectivity index (χ2n) is 9.58. The number of aryl methyl sites for hydroxylation is 2. The number of benzene rings is 3. The molecule has 1 amide bonds. The number of carbonyl (C=O) groups excluding carboxylic acids is 1. The summed E-state index contributed by atoms with van der Waals surface area (Å²) in [6, 6.07) is 17.7. The van der Waals surface area contributed by atoms with Gasteiger partial charge in [-0.2, -0.15) is 0 Å². The standard InChI is InChI=1S/C28H29ClN2O3.CH2O3/c1-17-12-21(33-16-22-15-31(3)25-6-4-5-7-26(25)34-22)13-18(2)27(17)28(32)30-24-14-20(19-8-9-19)10-11-23(24)29;2-1(3)4/h4-7,10-14,19,22H,8-9,15-16H2,1-3H3,(H,30,32);(H2,2,3,4)/t22-;/m0./s1. The molecule has 9 heteroatoms. The highest BCUT2D eigenvalue weighted by Gasteiger charge is 2.25. The number of rotatable bonds is 6. The Bertz CT molecular complexity index is 1310. The molecule has 3 N–H and O–H groups in total. The van der Waals surface area contributed by atoms with E-state index in [1.807, 2.05) is 62.4 Å². The van der Waals surface area contributed by atoms with Gasteiger partial charge in [-0.25, -0.2) is 4.79 Å². The number of nitrogens with one attached hydrogen (secondary N) is 1. The molecule has 1 aliphatic heterocycles. The molecule has 0 spiro atoms. The van der Waals surface area contributed by atoms with Gasteiger partial charge in [0.1, 0.15) is 24.2 Å². The molecule has 38 heavy (non-hydrogen) atoms. The average molecular weight is 539 g/mol. The molecule has 1 atom stereocenters. The maximum atomic E-state index is 13.1. The van der Waals surface area contributed by atoms with Crippen molar-refractivity contribution in [2.24, 2.45) is 0 Å². The van der Waals surface area contributed by atoms with E-state index in [4.69, 9.17) is 36.1 Å². The van der Waals surface area contributed by atoms with E-state index in [0.29, 0.717) is 28.8 Å². The summed E-state index contributed by atoms with van der Waals surface area (Å²) in [7, 11) is 2.06. The SMILES string of the molecule is Cc1cc(OC[C@@H]2CN(C)c3ccccc3O2)cc(C)c1C(=O)Nc1cc(C2CC2)ccc1Cl.O=C(O)O. The van der Waals surface area contributed by atoms with E-state index in [0.717, 1.165) is 34.9 Å². The predicted octanol–water partition coefficient (Wildman–Crippen LogP) is 6.59. The molecule has 3 aromatic carbocycles. The molecule has 0 unspecified atom stereocenters. The first-order valence-electron chi connectivity index (χ1n) is 12.4. The minimum absolute atomic E-state index is 0.0793. The zero-order valence-corrected chi connectivity index (χ0v) is 22.3. The lowest BCUT2D eigenvalue weighted by Gasteiger charge is -2.33. The number of nitrogens with zero attached hydrogens (tertiary/aromatic N) is 1. The third kappa shape index (κ3) is 6.69. The Labute approximate surface area is 226 Å². The van der Waals surface area contributed by atoms with Crippen molar-refractivity contribution in [2.75, 3.05) is 30.4 Å². The van der Waals surface area contributed by atoms with Gasteiger partial charge >= 0.3 is 6.16 Å². The zero-order chi connectivity index (χ0) is 27.4. The molecule has 1 saturated carbocycles. The molecule has 2 aliphatic rings. The first kappa shape index (κ1) is 27.1. The Morgan fingerprint density at radius 2 is 1.74 bits per heavy atom. The number of amides is 1. The Balaban J connectivity index is 0.000000786. The van der Waals surface area contributed by atoms with Gasteiger partial charge < -0.3 is 29.9 Å². The molecule has 0 aromatic heterocycles. The highest BCUT2D eigenvalue weighted by molar-refractivity contribution is 6.34. The normalized spacial score (nSPS) is 15.9. The van der Waals surface area contributed by atoms with Crippen LogP contribution in [0, 0.1) is 13.8 Å². The van der Waals surface area contributed by atoms with Crippen LogP contribution in [0.5, 0.6) is 11.5 Å². The number of carbonyl (C=O) groups is 2. The van der Waals surface area contributed by atoms with Crippen LogP contribution in [0.25, 0.3) is 0 Å². The lowest BCUT2D eigenvalue weighted by Crippen LogP contribution is -2.41. The first-order valence-corrected chi connectivity index (χ1v) is 12.7. The molecule has 200 valence electrons. The first-order chi connectivity index (χ1) is 18.1. The number of likely N-dealkylation sites (N-methyl/N-ethyl adjacent to an activating group) is 1. The van der Waals surface area contributed by atoms with Gasteiger partial charge in [0.15, 0.2) is 0 Å². The van der Waals surface area contributed by atoms with E-state index >= 15 is 0 Å². The van der Waals surface area contributed by atoms with Crippen molar-refractivity contribution in [3.05, 3.63) is 81.9 Å². The van der Waals surface area contributed by atoms with E-state index in [1.54, 1.807) is 0 Å². The summed E-state index contributed by atoms with van der Waals surface area (Å²) in [6.07, 6.45) is 0.483. The Hall–Kier alpha value is -3.91. The van der Waals surface area contributed by atoms with Crippen LogP contribution in [0.15, 0.2) is 54.6 Å². The van der Waals surface area contributed by atoms with E-state index in [-0.39, 0.29) is 12.0 Å². The topological polar surface area (TPSA) is 108 Å². The van der Waals surface area contributed by atoms with Crippen molar-refractivity contribution in [3.8, 4) is 11.5 Å². The number of hydrogen-bond acceptors (Lipinski definition) is 5. The third-order valence-electron chi connectivity index (χ3n) is 6.50. The number of halogens is 1. The fraction of sp³-hybridized carbons (Fsp3) is 0.310. The summed E-state index contributed by atoms with van der Waals surface area (Å²) in [5.74, 6) is 2.03. The average Bonchev–Trinajstić information content (AvgIpc) is 3.69. The van der Waals surface area contributed by atoms with Gasteiger partial charge in [-0.1, -0.05) is 29.8 Å². The molecule has 0 bridgehead atoms. The van der Waals surface area contributed by atoms with Crippen LogP contribution in [0.4, 0.5) is 16.2 Å². The van der Waals surface area contributed by atoms with Crippen molar-refractivity contribution >= 4 is 35.0 Å². The molecule has 0 radical (unpaired) electrons. The highest BCUT2D eigenvalue weighted by atomic mass is 35.5. The van der Waals surface area contributed by atoms with Crippen molar-refractivity contribution in [2.45, 2.75) is 38.7 Å². The van der Waals surface area contributed by atoms with Crippen molar-refractivity contribution in [1.29, 1.82) is 0 Å². The number of anilines is 2. The van der Waals surface area contributed by atoms with Crippen LogP contribution in [0.2, 0.25) is 5.02 Å². The molecular weight excluding hydrogens is 508 g/mol. The van der Waals surface area contributed by atoms with E-state index in [2.05, 4.69) is 23.3 Å². The van der Waals surface area contributed by atoms with Crippen molar-refractivity contribution in [1.82, 2.24) is 0 Å². The number of fused-ring (bicyclic) bond motifs is 1. The predicted molar refractivity (Wildman–Crippen MR) is 148 cm³/mol. The van der Waals surface area contributed by atoms with Gasteiger partial charge in [-0.3, -0.25) is 4.79 Å². The van der Waals surface area contributed by atoms with Gasteiger partial charge in [0.2, 0.25) is 0 Å². The van der Waals surface area contributed by atoms with Gasteiger partial charge in [0.05, 0.1) is 22.9 Å². The second-order valence-corrected chi connectivity index (χ2v) is 9.99. The largest absolute Gasteiger partial charge is 0.503 e. The number of hydrogen-bond donors (Lipinski definition) is 3. The van der Waals surface area contributed by atoms with Crippen LogP contribution < -0.4 is 19.7 Å². The van der Waals surface area contributed by atoms with Gasteiger partial charge in [0.25, 0.3) is 5.91 Å². The summed E-state index contributed by atoms with van der Waals surface area (Å²) in [6.45, 7) is 5.03. The second kappa shape index (κ2) is 11.6. The van der Waals surface area contributed by atoms with Crippen LogP contribution >= 0.6 is 11.6 Å². The number of ether oxygens (including phenoxy) is 2. The molecule has 8 nitrogen and oxygen atoms in total. The van der Waals surface area contributed by atoms with E-state index in [1.165, 1.54) is 18.4 Å². The molecular formula is C29H31ClN2O6. The minimum Gasteiger partial charge on any atom is -0.490 e. The maximum absolute atomic E-state index is 13.1. The van der Waals surface area contributed by atoms with Gasteiger partial charge in [-0.05, 0) is 85.7 Å². The molecule has 1 heterocycles. The minimum atomic E-state index is -1.83. The number of para-hydroxylation sites is 2. The van der Waals surface area contributed by atoms with Gasteiger partial charge in [0, 0.05) is 12.6 Å². The smallest absolute Gasteiger partial charge is 0.490 e. The van der Waals surface area contributed by atoms with Crippen LogP contribution in [-0.2, 0) is 0 Å². The quantitative estimate of drug-likeness (QED) is 0.325. The zero-order valence-electron chi connectivity index (χ0n) is 21.5. The summed E-state index contributed by atoms with van der Waals surface area (Å²) >= 11 is 6.36. The van der Waals surface area contributed by atoms with Crippen LogP contribution in [0.3, 0.4) is 0 Å². The molecule has 5 rings (SSSR count). The monoisotopic (exact) mass is 538 g/mol. The lowest BCUT2D eigenvalue weighted by molar-refractivity contribution is 0.102. The highest BCUT2D eigenvalue weighted by Crippen LogP contribution is 2.42. The summed E-state index contributed by atoms with van der Waals surface area (Å²) < 4.78 is 12.2.